The molecule has 2 aromatic carbocycles. The Morgan fingerprint density at radius 1 is 1.20 bits per heavy atom. The van der Waals surface area contributed by atoms with Crippen LogP contribution in [0.1, 0.15) is 33.5 Å². The monoisotopic (exact) mass is 486 g/mol. The first-order chi connectivity index (χ1) is 17.1. The first-order valence-corrected chi connectivity index (χ1v) is 12.6. The smallest absolute Gasteiger partial charge is 0.249 e. The maximum absolute atomic E-state index is 11.8. The zero-order chi connectivity index (χ0) is 23.8. The number of ether oxygens (including phenoxy) is 2. The van der Waals surface area contributed by atoms with Crippen molar-refractivity contribution in [1.82, 2.24) is 9.97 Å². The highest BCUT2D eigenvalue weighted by molar-refractivity contribution is 7.09. The molecule has 0 radical (unpaired) electrons. The van der Waals surface area contributed by atoms with Crippen LogP contribution in [0.15, 0.2) is 64.9 Å². The van der Waals surface area contributed by atoms with Crippen LogP contribution in [-0.4, -0.2) is 29.7 Å². The standard InChI is InChI=1S/C27H26N4O3S/c1-17-16-35-26(30-17)14-29-20-5-6-23-19(12-20)11-18-3-2-4-22(27(18)34-23)24-15-31(9-10-33-24)21-7-8-28-25(32)13-21/h2-8,12-13,16,24,29H,9-11,14-15H2,1H3,(H,28,32). The molecule has 0 amide bonds. The molecule has 2 N–H and O–H groups in total. The van der Waals surface area contributed by atoms with Crippen molar-refractivity contribution >= 4 is 22.7 Å². The van der Waals surface area contributed by atoms with E-state index in [0.717, 1.165) is 63.2 Å². The number of fused-ring (bicyclic) bond motifs is 2. The van der Waals surface area contributed by atoms with E-state index in [-0.39, 0.29) is 11.7 Å². The number of benzene rings is 2. The Bertz CT molecular complexity index is 1430. The van der Waals surface area contributed by atoms with Crippen molar-refractivity contribution in [1.29, 1.82) is 0 Å². The summed E-state index contributed by atoms with van der Waals surface area (Å²) in [7, 11) is 0. The summed E-state index contributed by atoms with van der Waals surface area (Å²) in [5.41, 5.74) is 6.28. The molecule has 178 valence electrons. The molecule has 1 saturated heterocycles. The zero-order valence-corrected chi connectivity index (χ0v) is 20.2. The van der Waals surface area contributed by atoms with E-state index in [1.165, 1.54) is 0 Å². The number of pyridine rings is 1. The van der Waals surface area contributed by atoms with E-state index in [1.54, 1.807) is 23.6 Å². The third-order valence-corrected chi connectivity index (χ3v) is 7.39. The van der Waals surface area contributed by atoms with Gasteiger partial charge in [0.2, 0.25) is 5.56 Å². The quantitative estimate of drug-likeness (QED) is 0.363. The van der Waals surface area contributed by atoms with E-state index in [4.69, 9.17) is 9.47 Å². The van der Waals surface area contributed by atoms with Crippen molar-refractivity contribution in [3.05, 3.63) is 97.9 Å². The van der Waals surface area contributed by atoms with E-state index < -0.39 is 0 Å². The zero-order valence-electron chi connectivity index (χ0n) is 19.4. The number of para-hydroxylation sites is 1. The summed E-state index contributed by atoms with van der Waals surface area (Å²) < 4.78 is 12.6. The Balaban J connectivity index is 1.21. The molecule has 6 rings (SSSR count). The summed E-state index contributed by atoms with van der Waals surface area (Å²) in [6.07, 6.45) is 2.35. The lowest BCUT2D eigenvalue weighted by Crippen LogP contribution is -2.39. The van der Waals surface area contributed by atoms with Crippen LogP contribution in [0, 0.1) is 6.92 Å². The summed E-state index contributed by atoms with van der Waals surface area (Å²) in [4.78, 5) is 21.2. The molecular weight excluding hydrogens is 460 g/mol. The van der Waals surface area contributed by atoms with Gasteiger partial charge in [0.05, 0.1) is 13.2 Å². The van der Waals surface area contributed by atoms with Gasteiger partial charge in [-0.3, -0.25) is 4.79 Å². The van der Waals surface area contributed by atoms with Gasteiger partial charge < -0.3 is 24.7 Å². The Hall–Kier alpha value is -3.62. The molecule has 2 aromatic heterocycles. The summed E-state index contributed by atoms with van der Waals surface area (Å²) in [6.45, 7) is 4.72. The number of H-pyrrole nitrogens is 1. The fourth-order valence-electron chi connectivity index (χ4n) is 4.73. The van der Waals surface area contributed by atoms with E-state index in [1.807, 2.05) is 19.1 Å². The van der Waals surface area contributed by atoms with Crippen molar-refractivity contribution in [2.75, 3.05) is 29.9 Å². The number of hydrogen-bond donors (Lipinski definition) is 2. The number of nitrogens with one attached hydrogen (secondary N) is 2. The molecule has 4 heterocycles. The molecule has 1 atom stereocenters. The molecule has 0 saturated carbocycles. The number of rotatable bonds is 5. The lowest BCUT2D eigenvalue weighted by atomic mass is 9.95. The van der Waals surface area contributed by atoms with Crippen molar-refractivity contribution in [2.24, 2.45) is 0 Å². The number of thiazole rings is 1. The molecule has 1 fully saturated rings. The van der Waals surface area contributed by atoms with Gasteiger partial charge >= 0.3 is 0 Å². The molecule has 0 aliphatic carbocycles. The molecule has 2 aliphatic heterocycles. The van der Waals surface area contributed by atoms with Gasteiger partial charge in [0, 0.05) is 65.3 Å². The van der Waals surface area contributed by atoms with Crippen LogP contribution >= 0.6 is 11.3 Å². The number of aromatic amines is 1. The molecule has 35 heavy (non-hydrogen) atoms. The minimum absolute atomic E-state index is 0.0989. The molecule has 7 nitrogen and oxygen atoms in total. The number of nitrogens with zero attached hydrogens (tertiary/aromatic N) is 2. The van der Waals surface area contributed by atoms with Gasteiger partial charge in [0.1, 0.15) is 22.6 Å². The van der Waals surface area contributed by atoms with Gasteiger partial charge in [0.25, 0.3) is 0 Å². The van der Waals surface area contributed by atoms with Gasteiger partial charge in [-0.1, -0.05) is 18.2 Å². The second-order valence-corrected chi connectivity index (χ2v) is 9.83. The Morgan fingerprint density at radius 2 is 2.14 bits per heavy atom. The number of hydrogen-bond acceptors (Lipinski definition) is 7. The second-order valence-electron chi connectivity index (χ2n) is 8.89. The largest absolute Gasteiger partial charge is 0.456 e. The Labute approximate surface area is 207 Å². The van der Waals surface area contributed by atoms with Crippen LogP contribution in [0.5, 0.6) is 11.5 Å². The van der Waals surface area contributed by atoms with Crippen LogP contribution in [0.4, 0.5) is 11.4 Å². The van der Waals surface area contributed by atoms with Crippen LogP contribution in [0.25, 0.3) is 0 Å². The third kappa shape index (κ3) is 4.54. The molecule has 1 unspecified atom stereocenters. The highest BCUT2D eigenvalue weighted by atomic mass is 32.1. The first kappa shape index (κ1) is 21.9. The summed E-state index contributed by atoms with van der Waals surface area (Å²) in [6, 6.07) is 16.1. The fraction of sp³-hybridized carbons (Fsp3) is 0.259. The highest BCUT2D eigenvalue weighted by Crippen LogP contribution is 2.43. The molecule has 4 aromatic rings. The molecular formula is C27H26N4O3S. The fourth-order valence-corrected chi connectivity index (χ4v) is 5.44. The molecule has 8 heteroatoms. The summed E-state index contributed by atoms with van der Waals surface area (Å²) in [5.74, 6) is 1.76. The number of morpholine rings is 1. The van der Waals surface area contributed by atoms with Gasteiger partial charge in [-0.2, -0.15) is 0 Å². The van der Waals surface area contributed by atoms with Crippen LogP contribution in [0.2, 0.25) is 0 Å². The van der Waals surface area contributed by atoms with Crippen LogP contribution in [-0.2, 0) is 17.7 Å². The highest BCUT2D eigenvalue weighted by Gasteiger charge is 2.28. The SMILES string of the molecule is Cc1csc(CNc2ccc3c(c2)Cc2cccc(C4CN(c5cc[nH]c(=O)c5)CCO4)c2O3)n1. The summed E-state index contributed by atoms with van der Waals surface area (Å²) >= 11 is 1.67. The number of aryl methyl sites for hydroxylation is 1. The maximum Gasteiger partial charge on any atom is 0.249 e. The number of anilines is 2. The third-order valence-electron chi connectivity index (χ3n) is 6.43. The van der Waals surface area contributed by atoms with E-state index in [2.05, 4.69) is 55.9 Å². The minimum atomic E-state index is -0.137. The Morgan fingerprint density at radius 3 is 3.00 bits per heavy atom. The van der Waals surface area contributed by atoms with Gasteiger partial charge in [-0.25, -0.2) is 4.98 Å². The van der Waals surface area contributed by atoms with E-state index in [9.17, 15) is 4.79 Å². The van der Waals surface area contributed by atoms with Gasteiger partial charge in [0.15, 0.2) is 0 Å². The average molecular weight is 487 g/mol. The van der Waals surface area contributed by atoms with Crippen LogP contribution < -0.4 is 20.5 Å². The number of aromatic nitrogens is 2. The van der Waals surface area contributed by atoms with Crippen molar-refractivity contribution in [2.45, 2.75) is 26.0 Å². The van der Waals surface area contributed by atoms with Crippen molar-refractivity contribution in [3.63, 3.8) is 0 Å². The van der Waals surface area contributed by atoms with Crippen LogP contribution in [0.3, 0.4) is 0 Å². The second kappa shape index (κ2) is 9.20. The lowest BCUT2D eigenvalue weighted by Gasteiger charge is -2.36. The lowest BCUT2D eigenvalue weighted by molar-refractivity contribution is 0.0384. The average Bonchev–Trinajstić information content (AvgIpc) is 3.31. The van der Waals surface area contributed by atoms with Crippen molar-refractivity contribution in [3.8, 4) is 11.5 Å². The summed E-state index contributed by atoms with van der Waals surface area (Å²) in [5, 5.41) is 6.63. The normalized spacial score (nSPS) is 16.8. The first-order valence-electron chi connectivity index (χ1n) is 11.7. The minimum Gasteiger partial charge on any atom is -0.456 e. The predicted molar refractivity (Wildman–Crippen MR) is 138 cm³/mol. The van der Waals surface area contributed by atoms with E-state index >= 15 is 0 Å². The topological polar surface area (TPSA) is 79.5 Å². The molecule has 0 bridgehead atoms. The van der Waals surface area contributed by atoms with Gasteiger partial charge in [-0.15, -0.1) is 11.3 Å². The predicted octanol–water partition coefficient (Wildman–Crippen LogP) is 5.03. The maximum atomic E-state index is 11.8. The van der Waals surface area contributed by atoms with Crippen molar-refractivity contribution < 1.29 is 9.47 Å². The Kier molecular flexibility index (Phi) is 5.75. The molecule has 2 aliphatic rings. The molecule has 0 spiro atoms. The van der Waals surface area contributed by atoms with Gasteiger partial charge in [-0.05, 0) is 36.8 Å². The van der Waals surface area contributed by atoms with E-state index in [0.29, 0.717) is 19.7 Å².